The minimum atomic E-state index is 0.464. The second-order valence-corrected chi connectivity index (χ2v) is 7.32. The van der Waals surface area contributed by atoms with E-state index in [9.17, 15) is 0 Å². The first-order valence-corrected chi connectivity index (χ1v) is 6.81. The Labute approximate surface area is 93.4 Å². The second kappa shape index (κ2) is 4.89. The summed E-state index contributed by atoms with van der Waals surface area (Å²) in [6.07, 6.45) is 3.99. The van der Waals surface area contributed by atoms with E-state index in [1.807, 2.05) is 0 Å². The minimum Gasteiger partial charge on any atom is -0.315 e. The highest BCUT2D eigenvalue weighted by molar-refractivity contribution is 8.00. The highest BCUT2D eigenvalue weighted by Gasteiger charge is 2.33. The average molecular weight is 215 g/mol. The van der Waals surface area contributed by atoms with E-state index in [0.717, 1.165) is 0 Å². The van der Waals surface area contributed by atoms with Crippen molar-refractivity contribution in [3.05, 3.63) is 0 Å². The minimum absolute atomic E-state index is 0.464. The van der Waals surface area contributed by atoms with Crippen LogP contribution in [0, 0.1) is 5.41 Å². The van der Waals surface area contributed by atoms with Crippen LogP contribution in [0.4, 0.5) is 0 Å². The van der Waals surface area contributed by atoms with Crippen LogP contribution in [0.2, 0.25) is 0 Å². The molecule has 0 spiro atoms. The lowest BCUT2D eigenvalue weighted by Gasteiger charge is -2.39. The third-order valence-corrected chi connectivity index (χ3v) is 4.36. The van der Waals surface area contributed by atoms with Crippen LogP contribution in [0.3, 0.4) is 0 Å². The first kappa shape index (κ1) is 12.4. The quantitative estimate of drug-likeness (QED) is 0.758. The Bertz CT molecular complexity index is 179. The van der Waals surface area contributed by atoms with Gasteiger partial charge in [0.05, 0.1) is 0 Å². The van der Waals surface area contributed by atoms with Gasteiger partial charge in [-0.1, -0.05) is 34.1 Å². The Morgan fingerprint density at radius 1 is 1.29 bits per heavy atom. The van der Waals surface area contributed by atoms with Gasteiger partial charge in [-0.2, -0.15) is 11.8 Å². The molecule has 1 aliphatic heterocycles. The first-order chi connectivity index (χ1) is 6.47. The van der Waals surface area contributed by atoms with Gasteiger partial charge in [0.2, 0.25) is 0 Å². The summed E-state index contributed by atoms with van der Waals surface area (Å²) < 4.78 is 0.464. The van der Waals surface area contributed by atoms with E-state index in [4.69, 9.17) is 0 Å². The standard InChI is InChI=1S/C12H25NS/c1-5-6-12(4)9-11(2,3)14-8-7-13-10-12/h13H,5-10H2,1-4H3. The molecule has 1 unspecified atom stereocenters. The van der Waals surface area contributed by atoms with Crippen LogP contribution in [0.5, 0.6) is 0 Å². The summed E-state index contributed by atoms with van der Waals surface area (Å²) in [7, 11) is 0. The van der Waals surface area contributed by atoms with Crippen molar-refractivity contribution in [3.63, 3.8) is 0 Å². The Morgan fingerprint density at radius 3 is 2.64 bits per heavy atom. The van der Waals surface area contributed by atoms with E-state index in [-0.39, 0.29) is 0 Å². The zero-order valence-corrected chi connectivity index (χ0v) is 11.0. The second-order valence-electron chi connectivity index (χ2n) is 5.52. The van der Waals surface area contributed by atoms with Crippen LogP contribution < -0.4 is 5.32 Å². The Balaban J connectivity index is 2.63. The number of rotatable bonds is 2. The van der Waals surface area contributed by atoms with Crippen LogP contribution in [0.15, 0.2) is 0 Å². The fourth-order valence-corrected chi connectivity index (χ4v) is 3.96. The predicted octanol–water partition coefficient (Wildman–Crippen LogP) is 3.30. The van der Waals surface area contributed by atoms with Crippen LogP contribution in [0.1, 0.15) is 47.0 Å². The molecule has 0 aliphatic carbocycles. The Morgan fingerprint density at radius 2 is 2.00 bits per heavy atom. The molecule has 1 atom stereocenters. The molecule has 1 N–H and O–H groups in total. The monoisotopic (exact) mass is 215 g/mol. The first-order valence-electron chi connectivity index (χ1n) is 5.82. The number of nitrogens with one attached hydrogen (secondary N) is 1. The van der Waals surface area contributed by atoms with E-state index in [1.54, 1.807) is 0 Å². The summed E-state index contributed by atoms with van der Waals surface area (Å²) >= 11 is 2.12. The molecule has 1 saturated heterocycles. The van der Waals surface area contributed by atoms with Crippen molar-refractivity contribution in [3.8, 4) is 0 Å². The van der Waals surface area contributed by atoms with E-state index in [1.165, 1.54) is 38.1 Å². The van der Waals surface area contributed by atoms with Gasteiger partial charge in [-0.05, 0) is 18.3 Å². The molecule has 1 rings (SSSR count). The third kappa shape index (κ3) is 3.82. The summed E-state index contributed by atoms with van der Waals surface area (Å²) in [5.41, 5.74) is 0.506. The van der Waals surface area contributed by atoms with Gasteiger partial charge in [0.15, 0.2) is 0 Å². The number of hydrogen-bond donors (Lipinski definition) is 1. The maximum Gasteiger partial charge on any atom is 0.0109 e. The maximum atomic E-state index is 3.58. The molecule has 0 saturated carbocycles. The van der Waals surface area contributed by atoms with Gasteiger partial charge >= 0.3 is 0 Å². The van der Waals surface area contributed by atoms with Gasteiger partial charge in [-0.25, -0.2) is 0 Å². The molecule has 0 aromatic carbocycles. The topological polar surface area (TPSA) is 12.0 Å². The zero-order chi connectivity index (χ0) is 10.7. The molecule has 14 heavy (non-hydrogen) atoms. The lowest BCUT2D eigenvalue weighted by atomic mass is 9.78. The van der Waals surface area contributed by atoms with Crippen molar-refractivity contribution in [1.82, 2.24) is 5.32 Å². The van der Waals surface area contributed by atoms with Crippen LogP contribution >= 0.6 is 11.8 Å². The molecule has 1 aliphatic rings. The third-order valence-electron chi connectivity index (χ3n) is 3.03. The molecule has 1 nitrogen and oxygen atoms in total. The van der Waals surface area contributed by atoms with E-state index < -0.39 is 0 Å². The van der Waals surface area contributed by atoms with Crippen molar-refractivity contribution < 1.29 is 0 Å². The van der Waals surface area contributed by atoms with Crippen LogP contribution in [0.25, 0.3) is 0 Å². The highest BCUT2D eigenvalue weighted by Crippen LogP contribution is 2.40. The van der Waals surface area contributed by atoms with Gasteiger partial charge < -0.3 is 5.32 Å². The van der Waals surface area contributed by atoms with Gasteiger partial charge in [0.25, 0.3) is 0 Å². The van der Waals surface area contributed by atoms with Crippen molar-refractivity contribution in [1.29, 1.82) is 0 Å². The molecule has 0 bridgehead atoms. The Hall–Kier alpha value is 0.310. The molecule has 0 radical (unpaired) electrons. The molecule has 0 aromatic rings. The van der Waals surface area contributed by atoms with Gasteiger partial charge in [-0.15, -0.1) is 0 Å². The van der Waals surface area contributed by atoms with Crippen molar-refractivity contribution in [2.24, 2.45) is 5.41 Å². The van der Waals surface area contributed by atoms with Crippen LogP contribution in [-0.4, -0.2) is 23.6 Å². The SMILES string of the molecule is CCCC1(C)CNCCSC(C)(C)C1. The summed E-state index contributed by atoms with van der Waals surface area (Å²) in [6.45, 7) is 11.9. The van der Waals surface area contributed by atoms with E-state index in [2.05, 4.69) is 44.8 Å². The van der Waals surface area contributed by atoms with Gasteiger partial charge in [-0.3, -0.25) is 0 Å². The lowest BCUT2D eigenvalue weighted by Crippen LogP contribution is -2.40. The van der Waals surface area contributed by atoms with Crippen molar-refractivity contribution in [2.45, 2.75) is 51.7 Å². The molecule has 0 amide bonds. The molecule has 2 heteroatoms. The van der Waals surface area contributed by atoms with Crippen LogP contribution in [-0.2, 0) is 0 Å². The fraction of sp³-hybridized carbons (Fsp3) is 1.00. The zero-order valence-electron chi connectivity index (χ0n) is 10.2. The fourth-order valence-electron chi connectivity index (χ4n) is 2.71. The van der Waals surface area contributed by atoms with E-state index in [0.29, 0.717) is 10.2 Å². The smallest absolute Gasteiger partial charge is 0.0109 e. The maximum absolute atomic E-state index is 3.58. The summed E-state index contributed by atoms with van der Waals surface area (Å²) in [5.74, 6) is 1.26. The lowest BCUT2D eigenvalue weighted by molar-refractivity contribution is 0.234. The normalized spacial score (nSPS) is 33.4. The summed E-state index contributed by atoms with van der Waals surface area (Å²) in [6, 6.07) is 0. The largest absolute Gasteiger partial charge is 0.315 e. The van der Waals surface area contributed by atoms with Crippen molar-refractivity contribution in [2.75, 3.05) is 18.8 Å². The molecule has 1 heterocycles. The Kier molecular flexibility index (Phi) is 4.32. The number of thioether (sulfide) groups is 1. The van der Waals surface area contributed by atoms with Crippen molar-refractivity contribution >= 4 is 11.8 Å². The molecule has 84 valence electrons. The van der Waals surface area contributed by atoms with Gasteiger partial charge in [0.1, 0.15) is 0 Å². The predicted molar refractivity (Wildman–Crippen MR) is 67.0 cm³/mol. The average Bonchev–Trinajstić information content (AvgIpc) is 2.00. The molecular formula is C12H25NS. The summed E-state index contributed by atoms with van der Waals surface area (Å²) in [4.78, 5) is 0. The molecular weight excluding hydrogens is 190 g/mol. The number of hydrogen-bond acceptors (Lipinski definition) is 2. The van der Waals surface area contributed by atoms with Gasteiger partial charge in [0, 0.05) is 23.6 Å². The summed E-state index contributed by atoms with van der Waals surface area (Å²) in [5, 5.41) is 3.58. The molecule has 1 fully saturated rings. The highest BCUT2D eigenvalue weighted by atomic mass is 32.2. The van der Waals surface area contributed by atoms with E-state index >= 15 is 0 Å². The molecule has 0 aromatic heterocycles.